The number of aromatic amines is 1. The molecular weight excluding hydrogens is 527 g/mol. The summed E-state index contributed by atoms with van der Waals surface area (Å²) in [4.78, 5) is 22.3. The van der Waals surface area contributed by atoms with Crippen LogP contribution in [0, 0.1) is 0 Å². The zero-order valence-electron chi connectivity index (χ0n) is 21.3. The van der Waals surface area contributed by atoms with E-state index in [0.717, 1.165) is 38.3 Å². The molecule has 198 valence electrons. The Labute approximate surface area is 230 Å². The maximum Gasteiger partial charge on any atom is 0.256 e. The van der Waals surface area contributed by atoms with E-state index < -0.39 is 0 Å². The van der Waals surface area contributed by atoms with Crippen LogP contribution in [0.2, 0.25) is 10.0 Å². The molecule has 11 heteroatoms. The summed E-state index contributed by atoms with van der Waals surface area (Å²) in [6.45, 7) is 4.09. The standard InChI is InChI=1S/C27H28Cl2N6O3/c1-34-11-4-12-35(14-13-34)17-7-5-16(6-8-17)27(36)31-26-18-9-10-19(30-25(18)32-33-26)22-23(28)20(37-2)15-21(38-3)24(22)29/h5-10,15H,4,11-14H2,1-3H3,(H2,30,31,32,33,36). The van der Waals surface area contributed by atoms with Crippen LogP contribution < -0.4 is 19.7 Å². The number of benzene rings is 2. The molecule has 38 heavy (non-hydrogen) atoms. The van der Waals surface area contributed by atoms with E-state index in [1.807, 2.05) is 24.3 Å². The van der Waals surface area contributed by atoms with Gasteiger partial charge in [0.25, 0.3) is 5.91 Å². The normalized spacial score (nSPS) is 14.4. The summed E-state index contributed by atoms with van der Waals surface area (Å²) in [5.74, 6) is 0.950. The predicted molar refractivity (Wildman–Crippen MR) is 151 cm³/mol. The third kappa shape index (κ3) is 5.09. The quantitative estimate of drug-likeness (QED) is 0.332. The monoisotopic (exact) mass is 554 g/mol. The van der Waals surface area contributed by atoms with Crippen LogP contribution in [0.1, 0.15) is 16.8 Å². The first-order valence-corrected chi connectivity index (χ1v) is 13.0. The summed E-state index contributed by atoms with van der Waals surface area (Å²) in [5, 5.41) is 11.3. The van der Waals surface area contributed by atoms with Crippen LogP contribution in [0.25, 0.3) is 22.3 Å². The molecule has 5 rings (SSSR count). The lowest BCUT2D eigenvalue weighted by atomic mass is 10.1. The molecule has 1 aliphatic heterocycles. The molecule has 3 heterocycles. The SMILES string of the molecule is COc1cc(OC)c(Cl)c(-c2ccc3c(NC(=O)c4ccc(N5CCCN(C)CC5)cc4)n[nH]c3n2)c1Cl. The third-order valence-corrected chi connectivity index (χ3v) is 7.45. The number of H-pyrrole nitrogens is 1. The van der Waals surface area contributed by atoms with Crippen molar-refractivity contribution in [2.24, 2.45) is 0 Å². The highest BCUT2D eigenvalue weighted by Crippen LogP contribution is 2.45. The minimum Gasteiger partial charge on any atom is -0.495 e. The summed E-state index contributed by atoms with van der Waals surface area (Å²) in [6.07, 6.45) is 1.12. The van der Waals surface area contributed by atoms with E-state index in [1.54, 1.807) is 18.2 Å². The smallest absolute Gasteiger partial charge is 0.256 e. The summed E-state index contributed by atoms with van der Waals surface area (Å²) >= 11 is 13.1. The lowest BCUT2D eigenvalue weighted by Gasteiger charge is -2.23. The maximum absolute atomic E-state index is 13.0. The Morgan fingerprint density at radius 3 is 2.37 bits per heavy atom. The minimum atomic E-state index is -0.256. The number of anilines is 2. The Bertz CT molecular complexity index is 1450. The van der Waals surface area contributed by atoms with E-state index in [4.69, 9.17) is 32.7 Å². The number of carbonyl (C=O) groups is 1. The van der Waals surface area contributed by atoms with Crippen molar-refractivity contribution in [3.63, 3.8) is 0 Å². The fourth-order valence-corrected chi connectivity index (χ4v) is 5.25. The van der Waals surface area contributed by atoms with Crippen molar-refractivity contribution >= 4 is 51.6 Å². The number of nitrogens with zero attached hydrogens (tertiary/aromatic N) is 4. The second kappa shape index (κ2) is 11.1. The fraction of sp³-hybridized carbons (Fsp3) is 0.296. The third-order valence-electron chi connectivity index (χ3n) is 6.70. The Balaban J connectivity index is 1.36. The van der Waals surface area contributed by atoms with Crippen molar-refractivity contribution in [2.75, 3.05) is 57.7 Å². The molecule has 2 aromatic carbocycles. The lowest BCUT2D eigenvalue weighted by molar-refractivity contribution is 0.102. The number of aromatic nitrogens is 3. The van der Waals surface area contributed by atoms with E-state index in [1.165, 1.54) is 14.2 Å². The highest BCUT2D eigenvalue weighted by molar-refractivity contribution is 6.41. The van der Waals surface area contributed by atoms with Crippen molar-refractivity contribution in [1.82, 2.24) is 20.1 Å². The Morgan fingerprint density at radius 1 is 0.974 bits per heavy atom. The number of pyridine rings is 1. The van der Waals surface area contributed by atoms with Crippen LogP contribution in [0.4, 0.5) is 11.5 Å². The first-order chi connectivity index (χ1) is 18.4. The number of likely N-dealkylation sites (N-methyl/N-ethyl adjacent to an activating group) is 1. The van der Waals surface area contributed by atoms with Crippen LogP contribution in [0.5, 0.6) is 11.5 Å². The molecule has 1 fully saturated rings. The number of halogens is 2. The predicted octanol–water partition coefficient (Wildman–Crippen LogP) is 5.34. The molecule has 0 radical (unpaired) electrons. The zero-order chi connectivity index (χ0) is 26.8. The van der Waals surface area contributed by atoms with Crippen LogP contribution in [0.15, 0.2) is 42.5 Å². The molecule has 1 saturated heterocycles. The molecule has 0 saturated carbocycles. The summed E-state index contributed by atoms with van der Waals surface area (Å²) < 4.78 is 10.7. The zero-order valence-corrected chi connectivity index (χ0v) is 22.9. The van der Waals surface area contributed by atoms with Gasteiger partial charge in [0.2, 0.25) is 0 Å². The second-order valence-corrected chi connectivity index (χ2v) is 9.85. The second-order valence-electron chi connectivity index (χ2n) is 9.09. The maximum atomic E-state index is 13.0. The largest absolute Gasteiger partial charge is 0.495 e. The van der Waals surface area contributed by atoms with Crippen molar-refractivity contribution < 1.29 is 14.3 Å². The van der Waals surface area contributed by atoms with E-state index in [2.05, 4.69) is 37.3 Å². The number of hydrogen-bond donors (Lipinski definition) is 2. The first kappa shape index (κ1) is 26.1. The van der Waals surface area contributed by atoms with Gasteiger partial charge in [0, 0.05) is 42.5 Å². The van der Waals surface area contributed by atoms with Crippen molar-refractivity contribution in [3.05, 3.63) is 58.1 Å². The Hall–Kier alpha value is -3.53. The molecule has 4 aromatic rings. The fourth-order valence-electron chi connectivity index (χ4n) is 4.56. The topological polar surface area (TPSA) is 95.6 Å². The molecule has 0 unspecified atom stereocenters. The lowest BCUT2D eigenvalue weighted by Crippen LogP contribution is -2.28. The average Bonchev–Trinajstić information content (AvgIpc) is 3.19. The van der Waals surface area contributed by atoms with Gasteiger partial charge in [0.15, 0.2) is 11.5 Å². The van der Waals surface area contributed by atoms with Crippen LogP contribution in [-0.2, 0) is 0 Å². The number of methoxy groups -OCH3 is 2. The van der Waals surface area contributed by atoms with Gasteiger partial charge in [-0.05, 0) is 56.4 Å². The summed E-state index contributed by atoms with van der Waals surface area (Å²) in [5.41, 5.74) is 3.10. The van der Waals surface area contributed by atoms with Gasteiger partial charge in [-0.2, -0.15) is 5.10 Å². The van der Waals surface area contributed by atoms with Crippen molar-refractivity contribution in [1.29, 1.82) is 0 Å². The molecule has 1 amide bonds. The van der Waals surface area contributed by atoms with E-state index in [9.17, 15) is 4.79 Å². The number of amides is 1. The summed E-state index contributed by atoms with van der Waals surface area (Å²) in [7, 11) is 5.17. The molecule has 0 bridgehead atoms. The molecule has 2 aromatic heterocycles. The van der Waals surface area contributed by atoms with Crippen molar-refractivity contribution in [3.8, 4) is 22.8 Å². The average molecular weight is 555 g/mol. The number of nitrogens with one attached hydrogen (secondary N) is 2. The van der Waals surface area contributed by atoms with Gasteiger partial charge >= 0.3 is 0 Å². The van der Waals surface area contributed by atoms with Crippen LogP contribution in [0.3, 0.4) is 0 Å². The number of ether oxygens (including phenoxy) is 2. The minimum absolute atomic E-state index is 0.256. The molecule has 9 nitrogen and oxygen atoms in total. The highest BCUT2D eigenvalue weighted by atomic mass is 35.5. The Morgan fingerprint density at radius 2 is 1.68 bits per heavy atom. The van der Waals surface area contributed by atoms with Gasteiger partial charge in [0.1, 0.15) is 11.5 Å². The van der Waals surface area contributed by atoms with E-state index in [-0.39, 0.29) is 5.91 Å². The first-order valence-electron chi connectivity index (χ1n) is 12.2. The van der Waals surface area contributed by atoms with Crippen LogP contribution >= 0.6 is 23.2 Å². The number of fused-ring (bicyclic) bond motifs is 1. The molecule has 0 aliphatic carbocycles. The molecule has 0 atom stereocenters. The van der Waals surface area contributed by atoms with Gasteiger partial charge in [-0.15, -0.1) is 0 Å². The molecule has 2 N–H and O–H groups in total. The van der Waals surface area contributed by atoms with Gasteiger partial charge in [-0.3, -0.25) is 9.89 Å². The number of hydrogen-bond acceptors (Lipinski definition) is 7. The summed E-state index contributed by atoms with van der Waals surface area (Å²) in [6, 6.07) is 12.8. The van der Waals surface area contributed by atoms with Gasteiger partial charge in [-0.25, -0.2) is 4.98 Å². The van der Waals surface area contributed by atoms with E-state index in [0.29, 0.717) is 55.2 Å². The molecule has 0 spiro atoms. The van der Waals surface area contributed by atoms with Gasteiger partial charge in [0.05, 0.1) is 35.3 Å². The van der Waals surface area contributed by atoms with Gasteiger partial charge in [-0.1, -0.05) is 23.2 Å². The number of carbonyl (C=O) groups excluding carboxylic acids is 1. The number of rotatable bonds is 6. The molecule has 1 aliphatic rings. The Kier molecular flexibility index (Phi) is 7.60. The van der Waals surface area contributed by atoms with Crippen LogP contribution in [-0.4, -0.2) is 73.4 Å². The highest BCUT2D eigenvalue weighted by Gasteiger charge is 2.21. The van der Waals surface area contributed by atoms with E-state index >= 15 is 0 Å². The van der Waals surface area contributed by atoms with Crippen molar-refractivity contribution in [2.45, 2.75) is 6.42 Å². The van der Waals surface area contributed by atoms with Gasteiger partial charge < -0.3 is 24.6 Å². The molecular formula is C27H28Cl2N6O3.